The summed E-state index contributed by atoms with van der Waals surface area (Å²) in [6, 6.07) is 13.8. The summed E-state index contributed by atoms with van der Waals surface area (Å²) in [4.78, 5) is 18.7. The molecule has 0 N–H and O–H groups in total. The molecule has 2 atom stereocenters. The van der Waals surface area contributed by atoms with Crippen LogP contribution in [0.25, 0.3) is 22.8 Å². The molecular weight excluding hydrogens is 432 g/mol. The summed E-state index contributed by atoms with van der Waals surface area (Å²) in [7, 11) is 1.43. The molecule has 0 amide bonds. The summed E-state index contributed by atoms with van der Waals surface area (Å²) in [5, 5.41) is 13.8. The van der Waals surface area contributed by atoms with Gasteiger partial charge in [0.15, 0.2) is 0 Å². The van der Waals surface area contributed by atoms with E-state index in [2.05, 4.69) is 27.2 Å². The molecule has 0 bridgehead atoms. The predicted molar refractivity (Wildman–Crippen MR) is 124 cm³/mol. The van der Waals surface area contributed by atoms with Crippen LogP contribution < -0.4 is 4.74 Å². The van der Waals surface area contributed by atoms with Gasteiger partial charge in [-0.15, -0.1) is 0 Å². The molecular formula is C26H26N4O4. The molecule has 2 aliphatic rings. The van der Waals surface area contributed by atoms with Crippen molar-refractivity contribution in [2.24, 2.45) is 5.92 Å². The Morgan fingerprint density at radius 2 is 2.18 bits per heavy atom. The molecule has 5 rings (SSSR count). The quantitative estimate of drug-likeness (QED) is 0.508. The number of hydrogen-bond donors (Lipinski definition) is 0. The second-order valence-corrected chi connectivity index (χ2v) is 9.03. The molecule has 8 nitrogen and oxygen atoms in total. The van der Waals surface area contributed by atoms with Crippen molar-refractivity contribution in [2.75, 3.05) is 20.2 Å². The topological polar surface area (TPSA) is 101 Å². The Hall–Kier alpha value is -3.70. The first-order valence-corrected chi connectivity index (χ1v) is 11.5. The van der Waals surface area contributed by atoms with E-state index in [0.29, 0.717) is 41.1 Å². The average molecular weight is 459 g/mol. The molecule has 34 heavy (non-hydrogen) atoms. The van der Waals surface area contributed by atoms with Crippen molar-refractivity contribution < 1.29 is 18.8 Å². The number of esters is 1. The van der Waals surface area contributed by atoms with E-state index in [1.54, 1.807) is 12.1 Å². The Morgan fingerprint density at radius 1 is 1.32 bits per heavy atom. The van der Waals surface area contributed by atoms with Crippen LogP contribution in [0.4, 0.5) is 0 Å². The fourth-order valence-electron chi connectivity index (χ4n) is 5.14. The van der Waals surface area contributed by atoms with Gasteiger partial charge in [0.1, 0.15) is 11.8 Å². The smallest absolute Gasteiger partial charge is 0.319 e. The van der Waals surface area contributed by atoms with Gasteiger partial charge in [0.05, 0.1) is 25.3 Å². The van der Waals surface area contributed by atoms with E-state index >= 15 is 0 Å². The molecule has 2 unspecified atom stereocenters. The van der Waals surface area contributed by atoms with Gasteiger partial charge >= 0.3 is 5.97 Å². The minimum absolute atomic E-state index is 0.0313. The fourth-order valence-corrected chi connectivity index (χ4v) is 5.14. The van der Waals surface area contributed by atoms with Crippen LogP contribution in [0.3, 0.4) is 0 Å². The second-order valence-electron chi connectivity index (χ2n) is 9.03. The zero-order valence-electron chi connectivity index (χ0n) is 19.4. The second kappa shape index (κ2) is 8.92. The third-order valence-electron chi connectivity index (χ3n) is 6.56. The molecule has 2 aromatic carbocycles. The predicted octanol–water partition coefficient (Wildman–Crippen LogP) is 4.15. The summed E-state index contributed by atoms with van der Waals surface area (Å²) in [5.74, 6) is 1.65. The van der Waals surface area contributed by atoms with E-state index in [-0.39, 0.29) is 18.1 Å². The zero-order chi connectivity index (χ0) is 23.8. The number of benzene rings is 2. The molecule has 2 heterocycles. The number of carbonyl (C=O) groups is 1. The highest BCUT2D eigenvalue weighted by Gasteiger charge is 2.43. The van der Waals surface area contributed by atoms with Crippen LogP contribution in [0, 0.1) is 17.2 Å². The molecule has 8 heteroatoms. The van der Waals surface area contributed by atoms with Gasteiger partial charge in [-0.05, 0) is 68.5 Å². The van der Waals surface area contributed by atoms with Crippen LogP contribution in [-0.4, -0.2) is 47.3 Å². The maximum Gasteiger partial charge on any atom is 0.319 e. The number of hydrogen-bond acceptors (Lipinski definition) is 8. The summed E-state index contributed by atoms with van der Waals surface area (Å²) in [5.41, 5.74) is 4.46. The minimum Gasteiger partial charge on any atom is -0.490 e. The number of ether oxygens (including phenoxy) is 2. The van der Waals surface area contributed by atoms with E-state index in [1.165, 1.54) is 18.2 Å². The molecule has 1 saturated heterocycles. The van der Waals surface area contributed by atoms with Gasteiger partial charge in [-0.25, -0.2) is 0 Å². The number of carbonyl (C=O) groups excluding carboxylic acids is 1. The lowest BCUT2D eigenvalue weighted by Crippen LogP contribution is -2.30. The van der Waals surface area contributed by atoms with Gasteiger partial charge in [0, 0.05) is 17.2 Å². The SMILES string of the molecule is COC(=O)CN1CCC2Cc3c(-c4noc(-c5ccc(OC(C)C)c(C#N)c5)n4)cccc3C21. The molecule has 3 aromatic rings. The van der Waals surface area contributed by atoms with Crippen LogP contribution in [0.5, 0.6) is 5.75 Å². The lowest BCUT2D eigenvalue weighted by molar-refractivity contribution is -0.142. The van der Waals surface area contributed by atoms with E-state index in [4.69, 9.17) is 14.0 Å². The first kappa shape index (κ1) is 22.1. The van der Waals surface area contributed by atoms with Crippen LogP contribution >= 0.6 is 0 Å². The Bertz CT molecular complexity index is 1280. The summed E-state index contributed by atoms with van der Waals surface area (Å²) in [6.07, 6.45) is 1.92. The molecule has 0 radical (unpaired) electrons. The fraction of sp³-hybridized carbons (Fsp3) is 0.385. The molecule has 1 fully saturated rings. The molecule has 1 aliphatic carbocycles. The number of nitriles is 1. The Balaban J connectivity index is 1.45. The molecule has 174 valence electrons. The lowest BCUT2D eigenvalue weighted by Gasteiger charge is -2.23. The van der Waals surface area contributed by atoms with Crippen molar-refractivity contribution in [3.63, 3.8) is 0 Å². The lowest BCUT2D eigenvalue weighted by atomic mass is 10.0. The van der Waals surface area contributed by atoms with E-state index in [1.807, 2.05) is 32.0 Å². The number of methoxy groups -OCH3 is 1. The summed E-state index contributed by atoms with van der Waals surface area (Å²) in [6.45, 7) is 5.02. The average Bonchev–Trinajstić information content (AvgIpc) is 3.55. The van der Waals surface area contributed by atoms with Crippen molar-refractivity contribution in [2.45, 2.75) is 38.8 Å². The number of nitrogens with zero attached hydrogens (tertiary/aromatic N) is 4. The van der Waals surface area contributed by atoms with Crippen molar-refractivity contribution in [3.05, 3.63) is 53.1 Å². The molecule has 0 spiro atoms. The highest BCUT2D eigenvalue weighted by molar-refractivity contribution is 5.72. The Labute approximate surface area is 198 Å². The number of rotatable bonds is 6. The van der Waals surface area contributed by atoms with Crippen molar-refractivity contribution in [3.8, 4) is 34.7 Å². The molecule has 1 aliphatic heterocycles. The van der Waals surface area contributed by atoms with Gasteiger partial charge in [0.25, 0.3) is 5.89 Å². The summed E-state index contributed by atoms with van der Waals surface area (Å²) < 4.78 is 16.2. The van der Waals surface area contributed by atoms with Gasteiger partial charge < -0.3 is 14.0 Å². The Kier molecular flexibility index (Phi) is 5.80. The maximum absolute atomic E-state index is 11.9. The highest BCUT2D eigenvalue weighted by atomic mass is 16.5. The molecule has 1 aromatic heterocycles. The van der Waals surface area contributed by atoms with Crippen LogP contribution in [0.2, 0.25) is 0 Å². The van der Waals surface area contributed by atoms with Gasteiger partial charge in [-0.1, -0.05) is 23.4 Å². The largest absolute Gasteiger partial charge is 0.490 e. The standard InChI is InChI=1S/C26H26N4O4/c1-15(2)33-22-8-7-17(11-18(22)13-27)26-28-25(29-34-26)20-6-4-5-19-21(20)12-16-9-10-30(24(16)19)14-23(31)32-3/h4-8,11,15-16,24H,9-10,12,14H2,1-3H3. The third kappa shape index (κ3) is 3.93. The highest BCUT2D eigenvalue weighted by Crippen LogP contribution is 2.48. The normalized spacial score (nSPS) is 19.0. The maximum atomic E-state index is 11.9. The van der Waals surface area contributed by atoms with Gasteiger partial charge in [-0.3, -0.25) is 9.69 Å². The van der Waals surface area contributed by atoms with Crippen LogP contribution in [-0.2, 0) is 16.0 Å². The molecule has 0 saturated carbocycles. The van der Waals surface area contributed by atoms with Crippen LogP contribution in [0.15, 0.2) is 40.9 Å². The van der Waals surface area contributed by atoms with Crippen molar-refractivity contribution in [1.82, 2.24) is 15.0 Å². The third-order valence-corrected chi connectivity index (χ3v) is 6.56. The van der Waals surface area contributed by atoms with Crippen molar-refractivity contribution in [1.29, 1.82) is 5.26 Å². The monoisotopic (exact) mass is 458 g/mol. The number of likely N-dealkylation sites (tertiary alicyclic amines) is 1. The van der Waals surface area contributed by atoms with Gasteiger partial charge in [0.2, 0.25) is 5.82 Å². The van der Waals surface area contributed by atoms with E-state index < -0.39 is 0 Å². The van der Waals surface area contributed by atoms with E-state index in [0.717, 1.165) is 24.9 Å². The minimum atomic E-state index is -0.213. The number of fused-ring (bicyclic) bond motifs is 3. The van der Waals surface area contributed by atoms with Crippen molar-refractivity contribution >= 4 is 5.97 Å². The first-order valence-electron chi connectivity index (χ1n) is 11.5. The number of aromatic nitrogens is 2. The van der Waals surface area contributed by atoms with Gasteiger partial charge in [-0.2, -0.15) is 10.2 Å². The Morgan fingerprint density at radius 3 is 2.94 bits per heavy atom. The summed E-state index contributed by atoms with van der Waals surface area (Å²) >= 11 is 0. The first-order chi connectivity index (χ1) is 16.5. The van der Waals surface area contributed by atoms with E-state index in [9.17, 15) is 10.1 Å². The van der Waals surface area contributed by atoms with Crippen LogP contribution in [0.1, 0.15) is 43.0 Å². The zero-order valence-corrected chi connectivity index (χ0v) is 19.4.